The lowest BCUT2D eigenvalue weighted by molar-refractivity contribution is 0.654. The van der Waals surface area contributed by atoms with Crippen LogP contribution in [0.15, 0.2) is 24.3 Å². The summed E-state index contributed by atoms with van der Waals surface area (Å²) in [6, 6.07) is 8.77. The molecule has 0 atom stereocenters. The van der Waals surface area contributed by atoms with Crippen LogP contribution in [0.2, 0.25) is 0 Å². The van der Waals surface area contributed by atoms with Crippen molar-refractivity contribution < 1.29 is 0 Å². The van der Waals surface area contributed by atoms with Crippen molar-refractivity contribution in [3.05, 3.63) is 35.4 Å². The van der Waals surface area contributed by atoms with Crippen LogP contribution in [-0.4, -0.2) is 13.1 Å². The van der Waals surface area contributed by atoms with E-state index in [0.29, 0.717) is 5.92 Å². The monoisotopic (exact) mass is 206 g/mol. The Bertz CT molecular complexity index is 282. The maximum atomic E-state index is 5.43. The molecule has 0 aliphatic heterocycles. The minimum absolute atomic E-state index is 0.606. The average molecular weight is 206 g/mol. The van der Waals surface area contributed by atoms with E-state index in [1.54, 1.807) is 0 Å². The largest absolute Gasteiger partial charge is 0.330 e. The molecule has 0 radical (unpaired) electrons. The third kappa shape index (κ3) is 4.45. The van der Waals surface area contributed by atoms with Gasteiger partial charge in [0.2, 0.25) is 0 Å². The Balaban J connectivity index is 2.43. The van der Waals surface area contributed by atoms with Crippen LogP contribution < -0.4 is 11.1 Å². The molecule has 1 rings (SSSR count). The summed E-state index contributed by atoms with van der Waals surface area (Å²) in [5.41, 5.74) is 8.20. The van der Waals surface area contributed by atoms with Crippen molar-refractivity contribution in [1.29, 1.82) is 0 Å². The van der Waals surface area contributed by atoms with Crippen LogP contribution in [0.5, 0.6) is 0 Å². The SMILES string of the molecule is CC(C)c1cccc(CNCCCN)c1. The van der Waals surface area contributed by atoms with E-state index in [9.17, 15) is 0 Å². The van der Waals surface area contributed by atoms with Gasteiger partial charge in [0.05, 0.1) is 0 Å². The van der Waals surface area contributed by atoms with Gasteiger partial charge in [0.1, 0.15) is 0 Å². The summed E-state index contributed by atoms with van der Waals surface area (Å²) in [4.78, 5) is 0. The zero-order valence-corrected chi connectivity index (χ0v) is 9.79. The second kappa shape index (κ2) is 6.59. The van der Waals surface area contributed by atoms with Crippen molar-refractivity contribution in [2.24, 2.45) is 5.73 Å². The second-order valence-electron chi connectivity index (χ2n) is 4.22. The fourth-order valence-corrected chi connectivity index (χ4v) is 1.52. The Morgan fingerprint density at radius 3 is 2.80 bits per heavy atom. The van der Waals surface area contributed by atoms with Gasteiger partial charge in [0.25, 0.3) is 0 Å². The van der Waals surface area contributed by atoms with Crippen molar-refractivity contribution in [2.45, 2.75) is 32.7 Å². The molecule has 1 aromatic carbocycles. The van der Waals surface area contributed by atoms with E-state index in [0.717, 1.165) is 26.1 Å². The first-order valence-corrected chi connectivity index (χ1v) is 5.73. The number of benzene rings is 1. The lowest BCUT2D eigenvalue weighted by atomic mass is 10.0. The van der Waals surface area contributed by atoms with Gasteiger partial charge in [-0.1, -0.05) is 38.1 Å². The van der Waals surface area contributed by atoms with Gasteiger partial charge >= 0.3 is 0 Å². The Morgan fingerprint density at radius 2 is 2.13 bits per heavy atom. The van der Waals surface area contributed by atoms with E-state index in [2.05, 4.69) is 43.4 Å². The molecule has 15 heavy (non-hydrogen) atoms. The van der Waals surface area contributed by atoms with Crippen LogP contribution in [-0.2, 0) is 6.54 Å². The number of nitrogens with one attached hydrogen (secondary N) is 1. The number of rotatable bonds is 6. The highest BCUT2D eigenvalue weighted by atomic mass is 14.8. The van der Waals surface area contributed by atoms with E-state index in [4.69, 9.17) is 5.73 Å². The van der Waals surface area contributed by atoms with Crippen LogP contribution in [0.1, 0.15) is 37.3 Å². The highest BCUT2D eigenvalue weighted by molar-refractivity contribution is 5.25. The summed E-state index contributed by atoms with van der Waals surface area (Å²) in [6.07, 6.45) is 1.05. The molecule has 0 amide bonds. The molecule has 2 nitrogen and oxygen atoms in total. The average Bonchev–Trinajstić information content (AvgIpc) is 2.25. The van der Waals surface area contributed by atoms with E-state index in [-0.39, 0.29) is 0 Å². The molecular formula is C13H22N2. The summed E-state index contributed by atoms with van der Waals surface area (Å²) in [5, 5.41) is 3.39. The zero-order chi connectivity index (χ0) is 11.1. The normalized spacial score (nSPS) is 10.9. The summed E-state index contributed by atoms with van der Waals surface area (Å²) in [7, 11) is 0. The van der Waals surface area contributed by atoms with E-state index in [1.165, 1.54) is 11.1 Å². The summed E-state index contributed by atoms with van der Waals surface area (Å²) < 4.78 is 0. The predicted molar refractivity (Wildman–Crippen MR) is 65.9 cm³/mol. The topological polar surface area (TPSA) is 38.0 Å². The van der Waals surface area contributed by atoms with E-state index in [1.807, 2.05) is 0 Å². The summed E-state index contributed by atoms with van der Waals surface area (Å²) in [6.45, 7) is 7.16. The quantitative estimate of drug-likeness (QED) is 0.701. The van der Waals surface area contributed by atoms with E-state index < -0.39 is 0 Å². The first-order chi connectivity index (χ1) is 7.24. The first kappa shape index (κ1) is 12.2. The van der Waals surface area contributed by atoms with Gasteiger partial charge < -0.3 is 11.1 Å². The van der Waals surface area contributed by atoms with Gasteiger partial charge in [-0.15, -0.1) is 0 Å². The lowest BCUT2D eigenvalue weighted by Gasteiger charge is -2.08. The van der Waals surface area contributed by atoms with E-state index >= 15 is 0 Å². The third-order valence-electron chi connectivity index (χ3n) is 2.50. The molecule has 0 spiro atoms. The van der Waals surface area contributed by atoms with Gasteiger partial charge in [-0.3, -0.25) is 0 Å². The maximum Gasteiger partial charge on any atom is 0.0205 e. The van der Waals surface area contributed by atoms with Gasteiger partial charge in [0, 0.05) is 6.54 Å². The smallest absolute Gasteiger partial charge is 0.0205 e. The minimum Gasteiger partial charge on any atom is -0.330 e. The molecule has 0 saturated carbocycles. The van der Waals surface area contributed by atoms with Crippen molar-refractivity contribution >= 4 is 0 Å². The Kier molecular flexibility index (Phi) is 5.37. The van der Waals surface area contributed by atoms with Gasteiger partial charge in [-0.05, 0) is 36.6 Å². The summed E-state index contributed by atoms with van der Waals surface area (Å²) >= 11 is 0. The highest BCUT2D eigenvalue weighted by Gasteiger charge is 1.99. The standard InChI is InChI=1S/C13H22N2/c1-11(2)13-6-3-5-12(9-13)10-15-8-4-7-14/h3,5-6,9,11,15H,4,7-8,10,14H2,1-2H3. The molecule has 0 aliphatic carbocycles. The molecule has 0 heterocycles. The van der Waals surface area contributed by atoms with Crippen molar-refractivity contribution in [2.75, 3.05) is 13.1 Å². The number of hydrogen-bond acceptors (Lipinski definition) is 2. The Labute approximate surface area is 92.9 Å². The number of nitrogens with two attached hydrogens (primary N) is 1. The predicted octanol–water partition coefficient (Wildman–Crippen LogP) is 2.25. The van der Waals surface area contributed by atoms with Crippen molar-refractivity contribution in [3.8, 4) is 0 Å². The molecule has 84 valence electrons. The molecule has 0 fully saturated rings. The van der Waals surface area contributed by atoms with Crippen LogP contribution in [0.25, 0.3) is 0 Å². The fourth-order valence-electron chi connectivity index (χ4n) is 1.52. The highest BCUT2D eigenvalue weighted by Crippen LogP contribution is 2.15. The molecule has 0 aliphatic rings. The first-order valence-electron chi connectivity index (χ1n) is 5.73. The number of hydrogen-bond donors (Lipinski definition) is 2. The lowest BCUT2D eigenvalue weighted by Crippen LogP contribution is -2.17. The second-order valence-corrected chi connectivity index (χ2v) is 4.22. The molecule has 3 N–H and O–H groups in total. The minimum atomic E-state index is 0.606. The molecule has 0 bridgehead atoms. The van der Waals surface area contributed by atoms with Crippen molar-refractivity contribution in [3.63, 3.8) is 0 Å². The third-order valence-corrected chi connectivity index (χ3v) is 2.50. The van der Waals surface area contributed by atoms with Crippen LogP contribution >= 0.6 is 0 Å². The Morgan fingerprint density at radius 1 is 1.33 bits per heavy atom. The van der Waals surface area contributed by atoms with Gasteiger partial charge in [-0.25, -0.2) is 0 Å². The summed E-state index contributed by atoms with van der Waals surface area (Å²) in [5.74, 6) is 0.606. The zero-order valence-electron chi connectivity index (χ0n) is 9.79. The van der Waals surface area contributed by atoms with Crippen LogP contribution in [0.3, 0.4) is 0 Å². The van der Waals surface area contributed by atoms with Gasteiger partial charge in [0.15, 0.2) is 0 Å². The molecule has 1 aromatic rings. The maximum absolute atomic E-state index is 5.43. The molecular weight excluding hydrogens is 184 g/mol. The molecule has 2 heteroatoms. The van der Waals surface area contributed by atoms with Crippen molar-refractivity contribution in [1.82, 2.24) is 5.32 Å². The van der Waals surface area contributed by atoms with Gasteiger partial charge in [-0.2, -0.15) is 0 Å². The fraction of sp³-hybridized carbons (Fsp3) is 0.538. The molecule has 0 unspecified atom stereocenters. The molecule has 0 saturated heterocycles. The van der Waals surface area contributed by atoms with Crippen LogP contribution in [0.4, 0.5) is 0 Å². The Hall–Kier alpha value is -0.860. The molecule has 0 aromatic heterocycles. The van der Waals surface area contributed by atoms with Crippen LogP contribution in [0, 0.1) is 0 Å².